The van der Waals surface area contributed by atoms with E-state index < -0.39 is 29.8 Å². The molecule has 0 amide bonds. The van der Waals surface area contributed by atoms with Crippen molar-refractivity contribution in [3.8, 4) is 0 Å². The SMILES string of the molecule is C=C.CC(=O)O.CC(=O)O.CC(=O)O.CC(=O)O.CC(=O)[O-].N.N.[Na+]. The van der Waals surface area contributed by atoms with E-state index in [1.54, 1.807) is 0 Å². The van der Waals surface area contributed by atoms with Crippen molar-refractivity contribution in [2.75, 3.05) is 0 Å². The van der Waals surface area contributed by atoms with Crippen LogP contribution in [-0.2, 0) is 24.0 Å². The Morgan fingerprint density at radius 1 is 0.600 bits per heavy atom. The number of carbonyl (C=O) groups is 5. The first kappa shape index (κ1) is 56.8. The molecule has 0 aliphatic heterocycles. The average molecular weight is 384 g/mol. The van der Waals surface area contributed by atoms with Gasteiger partial charge in [0.2, 0.25) is 0 Å². The van der Waals surface area contributed by atoms with Crippen LogP contribution in [0.1, 0.15) is 34.6 Å². The summed E-state index contributed by atoms with van der Waals surface area (Å²) < 4.78 is 0. The number of hydrogen-bond donors (Lipinski definition) is 6. The maximum atomic E-state index is 9.00. The predicted octanol–water partition coefficient (Wildman–Crippen LogP) is -2.75. The van der Waals surface area contributed by atoms with Crippen LogP contribution >= 0.6 is 0 Å². The summed E-state index contributed by atoms with van der Waals surface area (Å²) in [6.07, 6.45) is 0. The minimum atomic E-state index is -1.08. The summed E-state index contributed by atoms with van der Waals surface area (Å²) in [6.45, 7) is 11.3. The molecule has 0 aliphatic carbocycles. The standard InChI is InChI=1S/5C2H4O2.C2H4.2H3N.Na/c5*1-2(3)4;1-2;;;/h5*1H3,(H,3,4);1-2H2;2*1H3;/q;;;;;;;;+1/p-1. The number of carboxylic acid groups (broad SMARTS) is 5. The third-order valence-electron chi connectivity index (χ3n) is 0. The van der Waals surface area contributed by atoms with E-state index in [-0.39, 0.29) is 41.9 Å². The van der Waals surface area contributed by atoms with E-state index >= 15 is 0 Å². The summed E-state index contributed by atoms with van der Waals surface area (Å²) in [5, 5.41) is 38.6. The van der Waals surface area contributed by atoms with Gasteiger partial charge in [-0.25, -0.2) is 0 Å². The minimum Gasteiger partial charge on any atom is -0.550 e. The fourth-order valence-electron chi connectivity index (χ4n) is 0. The molecule has 148 valence electrons. The molecule has 25 heavy (non-hydrogen) atoms. The molecule has 0 bridgehead atoms. The van der Waals surface area contributed by atoms with Gasteiger partial charge in [-0.1, -0.05) is 0 Å². The number of carboxylic acids is 5. The molecule has 0 spiro atoms. The first-order valence-corrected chi connectivity index (χ1v) is 5.12. The van der Waals surface area contributed by atoms with E-state index in [9.17, 15) is 0 Å². The van der Waals surface area contributed by atoms with Crippen molar-refractivity contribution >= 4 is 29.8 Å². The zero-order valence-corrected chi connectivity index (χ0v) is 17.6. The molecule has 0 aromatic rings. The first-order chi connectivity index (χ1) is 9.66. The van der Waals surface area contributed by atoms with Crippen LogP contribution in [0.3, 0.4) is 0 Å². The molecule has 0 atom stereocenters. The Hall–Kier alpha value is -1.99. The average Bonchev–Trinajstić information content (AvgIpc) is 2.14. The zero-order chi connectivity index (χ0) is 19.9. The second-order valence-corrected chi connectivity index (χ2v) is 2.57. The van der Waals surface area contributed by atoms with Gasteiger partial charge in [0.25, 0.3) is 23.9 Å². The van der Waals surface area contributed by atoms with Gasteiger partial charge >= 0.3 is 29.6 Å². The van der Waals surface area contributed by atoms with Crippen LogP contribution in [0.4, 0.5) is 0 Å². The molecule has 0 radical (unpaired) electrons. The topological polar surface area (TPSA) is 259 Å². The van der Waals surface area contributed by atoms with Crippen LogP contribution < -0.4 is 47.0 Å². The zero-order valence-electron chi connectivity index (χ0n) is 15.6. The van der Waals surface area contributed by atoms with Crippen molar-refractivity contribution in [2.24, 2.45) is 0 Å². The molecular formula is C12H29N2NaO10. The molecule has 0 unspecified atom stereocenters. The van der Waals surface area contributed by atoms with Crippen LogP contribution in [0.15, 0.2) is 13.2 Å². The largest absolute Gasteiger partial charge is 1.00 e. The van der Waals surface area contributed by atoms with Gasteiger partial charge in [-0.15, -0.1) is 13.2 Å². The van der Waals surface area contributed by atoms with Gasteiger partial charge in [0, 0.05) is 33.7 Å². The Morgan fingerprint density at radius 3 is 0.600 bits per heavy atom. The molecule has 10 N–H and O–H groups in total. The maximum Gasteiger partial charge on any atom is 1.00 e. The summed E-state index contributed by atoms with van der Waals surface area (Å²) in [6, 6.07) is 0. The molecule has 0 saturated heterocycles. The Labute approximate surface area is 169 Å². The number of rotatable bonds is 0. The normalized spacial score (nSPS) is 5.16. The van der Waals surface area contributed by atoms with Crippen LogP contribution in [0.25, 0.3) is 0 Å². The number of hydrogen-bond acceptors (Lipinski definition) is 8. The van der Waals surface area contributed by atoms with E-state index in [1.807, 2.05) is 0 Å². The molecule has 0 aromatic carbocycles. The summed E-state index contributed by atoms with van der Waals surface area (Å²) in [7, 11) is 0. The molecular weight excluding hydrogens is 355 g/mol. The molecule has 12 nitrogen and oxygen atoms in total. The molecule has 0 saturated carbocycles. The number of carbonyl (C=O) groups excluding carboxylic acids is 1. The third kappa shape index (κ3) is 2230. The smallest absolute Gasteiger partial charge is 0.550 e. The Balaban J connectivity index is -0.0000000173. The number of aliphatic carboxylic acids is 5. The van der Waals surface area contributed by atoms with Crippen LogP contribution in [0.2, 0.25) is 0 Å². The third-order valence-corrected chi connectivity index (χ3v) is 0. The van der Waals surface area contributed by atoms with E-state index in [0.717, 1.165) is 34.6 Å². The summed E-state index contributed by atoms with van der Waals surface area (Å²) in [5.41, 5.74) is 0. The van der Waals surface area contributed by atoms with Gasteiger partial charge in [0.05, 0.1) is 0 Å². The Bertz CT molecular complexity index is 235. The van der Waals surface area contributed by atoms with Crippen molar-refractivity contribution in [3.05, 3.63) is 13.2 Å². The molecule has 0 heterocycles. The Morgan fingerprint density at radius 2 is 0.600 bits per heavy atom. The summed E-state index contributed by atoms with van der Waals surface area (Å²) in [5.74, 6) is -4.42. The van der Waals surface area contributed by atoms with E-state index in [2.05, 4.69) is 13.2 Å². The quantitative estimate of drug-likeness (QED) is 0.183. The van der Waals surface area contributed by atoms with Gasteiger partial charge in [-0.3, -0.25) is 19.2 Å². The van der Waals surface area contributed by atoms with Crippen molar-refractivity contribution in [3.63, 3.8) is 0 Å². The van der Waals surface area contributed by atoms with Crippen molar-refractivity contribution < 1.29 is 79.1 Å². The van der Waals surface area contributed by atoms with E-state index in [1.165, 1.54) is 0 Å². The molecule has 0 rings (SSSR count). The second-order valence-electron chi connectivity index (χ2n) is 2.57. The van der Waals surface area contributed by atoms with Gasteiger partial charge < -0.3 is 42.6 Å². The summed E-state index contributed by atoms with van der Waals surface area (Å²) >= 11 is 0. The fourth-order valence-corrected chi connectivity index (χ4v) is 0. The predicted molar refractivity (Wildman–Crippen MR) is 85.2 cm³/mol. The summed E-state index contributed by atoms with van der Waals surface area (Å²) in [4.78, 5) is 44.9. The van der Waals surface area contributed by atoms with E-state index in [0.29, 0.717) is 0 Å². The van der Waals surface area contributed by atoms with Gasteiger partial charge in [0.1, 0.15) is 0 Å². The van der Waals surface area contributed by atoms with Crippen LogP contribution in [0, 0.1) is 0 Å². The van der Waals surface area contributed by atoms with Crippen LogP contribution in [-0.4, -0.2) is 50.3 Å². The van der Waals surface area contributed by atoms with Crippen molar-refractivity contribution in [1.29, 1.82) is 0 Å². The first-order valence-electron chi connectivity index (χ1n) is 5.12. The van der Waals surface area contributed by atoms with Crippen molar-refractivity contribution in [1.82, 2.24) is 12.3 Å². The maximum absolute atomic E-state index is 9.00. The van der Waals surface area contributed by atoms with Gasteiger partial charge in [-0.2, -0.15) is 0 Å². The molecule has 0 aromatic heterocycles. The molecule has 0 fully saturated rings. The van der Waals surface area contributed by atoms with Crippen molar-refractivity contribution in [2.45, 2.75) is 34.6 Å². The van der Waals surface area contributed by atoms with Crippen LogP contribution in [0.5, 0.6) is 0 Å². The monoisotopic (exact) mass is 384 g/mol. The fraction of sp³-hybridized carbons (Fsp3) is 0.417. The Kier molecular flexibility index (Phi) is 130. The van der Waals surface area contributed by atoms with Gasteiger partial charge in [-0.05, 0) is 6.92 Å². The minimum absolute atomic E-state index is 0. The molecule has 13 heteroatoms. The van der Waals surface area contributed by atoms with E-state index in [4.69, 9.17) is 49.5 Å². The van der Waals surface area contributed by atoms with Gasteiger partial charge in [0.15, 0.2) is 0 Å². The molecule has 0 aliphatic rings. The second kappa shape index (κ2) is 57.4.